The summed E-state index contributed by atoms with van der Waals surface area (Å²) < 4.78 is 0. The summed E-state index contributed by atoms with van der Waals surface area (Å²) in [7, 11) is 0. The van der Waals surface area contributed by atoms with Crippen LogP contribution in [0.2, 0.25) is 10.0 Å². The summed E-state index contributed by atoms with van der Waals surface area (Å²) >= 11 is 11.8. The van der Waals surface area contributed by atoms with E-state index >= 15 is 0 Å². The van der Waals surface area contributed by atoms with Gasteiger partial charge >= 0.3 is 5.97 Å². The quantitative estimate of drug-likeness (QED) is 0.849. The van der Waals surface area contributed by atoms with Crippen molar-refractivity contribution in [2.24, 2.45) is 0 Å². The van der Waals surface area contributed by atoms with Crippen molar-refractivity contribution in [3.8, 4) is 0 Å². The Balaban J connectivity index is 2.69. The van der Waals surface area contributed by atoms with Gasteiger partial charge in [-0.15, -0.1) is 0 Å². The zero-order chi connectivity index (χ0) is 14.4. The molecule has 0 fully saturated rings. The summed E-state index contributed by atoms with van der Waals surface area (Å²) in [6.07, 6.45) is 1.08. The molecule has 0 bridgehead atoms. The molecular weight excluding hydrogens is 289 g/mol. The first-order valence-electron chi connectivity index (χ1n) is 5.90. The number of amides is 1. The molecule has 19 heavy (non-hydrogen) atoms. The van der Waals surface area contributed by atoms with E-state index in [2.05, 4.69) is 5.32 Å². The lowest BCUT2D eigenvalue weighted by Gasteiger charge is -2.14. The van der Waals surface area contributed by atoms with E-state index in [1.54, 1.807) is 18.2 Å². The molecule has 1 aromatic rings. The second-order valence-corrected chi connectivity index (χ2v) is 4.92. The Labute approximate surface area is 121 Å². The molecule has 1 aromatic carbocycles. The molecule has 0 saturated carbocycles. The molecule has 6 heteroatoms. The van der Waals surface area contributed by atoms with Crippen molar-refractivity contribution in [1.29, 1.82) is 0 Å². The topological polar surface area (TPSA) is 66.4 Å². The number of rotatable bonds is 6. The first-order valence-corrected chi connectivity index (χ1v) is 6.66. The summed E-state index contributed by atoms with van der Waals surface area (Å²) in [5.74, 6) is -1.42. The largest absolute Gasteiger partial charge is 0.480 e. The third-order valence-electron chi connectivity index (χ3n) is 2.59. The second-order valence-electron chi connectivity index (χ2n) is 4.14. The van der Waals surface area contributed by atoms with Gasteiger partial charge in [-0.05, 0) is 18.1 Å². The summed E-state index contributed by atoms with van der Waals surface area (Å²) in [4.78, 5) is 22.7. The van der Waals surface area contributed by atoms with Gasteiger partial charge in [0.2, 0.25) is 5.91 Å². The van der Waals surface area contributed by atoms with Gasteiger partial charge in [-0.25, -0.2) is 4.79 Å². The number of carboxylic acids is 1. The maximum Gasteiger partial charge on any atom is 0.326 e. The minimum atomic E-state index is -1.03. The molecule has 0 radical (unpaired) electrons. The first kappa shape index (κ1) is 15.8. The van der Waals surface area contributed by atoms with Crippen molar-refractivity contribution < 1.29 is 14.7 Å². The third kappa shape index (κ3) is 4.73. The van der Waals surface area contributed by atoms with Gasteiger partial charge in [0.1, 0.15) is 6.04 Å². The van der Waals surface area contributed by atoms with Crippen LogP contribution < -0.4 is 5.32 Å². The van der Waals surface area contributed by atoms with Gasteiger partial charge in [0.05, 0.1) is 16.5 Å². The van der Waals surface area contributed by atoms with Gasteiger partial charge in [0.15, 0.2) is 0 Å². The lowest BCUT2D eigenvalue weighted by Crippen LogP contribution is -2.41. The van der Waals surface area contributed by atoms with Crippen molar-refractivity contribution >= 4 is 35.1 Å². The van der Waals surface area contributed by atoms with E-state index in [0.29, 0.717) is 28.5 Å². The van der Waals surface area contributed by atoms with E-state index < -0.39 is 12.0 Å². The number of hydrogen-bond donors (Lipinski definition) is 2. The number of hydrogen-bond acceptors (Lipinski definition) is 2. The van der Waals surface area contributed by atoms with Gasteiger partial charge < -0.3 is 10.4 Å². The van der Waals surface area contributed by atoms with Crippen LogP contribution >= 0.6 is 23.2 Å². The highest BCUT2D eigenvalue weighted by atomic mass is 35.5. The molecule has 1 rings (SSSR count). The monoisotopic (exact) mass is 303 g/mol. The summed E-state index contributed by atoms with van der Waals surface area (Å²) in [5.41, 5.74) is 0.576. The second kappa shape index (κ2) is 7.36. The van der Waals surface area contributed by atoms with E-state index in [9.17, 15) is 9.59 Å². The van der Waals surface area contributed by atoms with Crippen molar-refractivity contribution in [2.45, 2.75) is 32.2 Å². The van der Waals surface area contributed by atoms with Crippen LogP contribution in [0.4, 0.5) is 0 Å². The summed E-state index contributed by atoms with van der Waals surface area (Å²) in [5, 5.41) is 12.1. The Morgan fingerprint density at radius 2 is 2.05 bits per heavy atom. The Morgan fingerprint density at radius 3 is 2.63 bits per heavy atom. The van der Waals surface area contributed by atoms with Crippen LogP contribution in [0.1, 0.15) is 25.3 Å². The Morgan fingerprint density at radius 1 is 1.37 bits per heavy atom. The van der Waals surface area contributed by atoms with Crippen molar-refractivity contribution in [1.82, 2.24) is 5.32 Å². The molecule has 1 amide bonds. The van der Waals surface area contributed by atoms with E-state index in [1.807, 2.05) is 6.92 Å². The minimum Gasteiger partial charge on any atom is -0.480 e. The molecule has 0 aliphatic rings. The highest BCUT2D eigenvalue weighted by Crippen LogP contribution is 2.25. The van der Waals surface area contributed by atoms with Crippen molar-refractivity contribution in [3.63, 3.8) is 0 Å². The predicted octanol–water partition coefficient (Wildman–Crippen LogP) is 2.91. The van der Waals surface area contributed by atoms with Crippen LogP contribution in [0.25, 0.3) is 0 Å². The molecule has 0 aromatic heterocycles. The average molecular weight is 304 g/mol. The lowest BCUT2D eigenvalue weighted by atomic mass is 10.1. The summed E-state index contributed by atoms with van der Waals surface area (Å²) in [6.45, 7) is 1.86. The zero-order valence-corrected chi connectivity index (χ0v) is 12.0. The number of carbonyl (C=O) groups is 2. The lowest BCUT2D eigenvalue weighted by molar-refractivity contribution is -0.141. The SMILES string of the molecule is CCCC(NC(=O)Cc1cccc(Cl)c1Cl)C(=O)O. The number of halogens is 2. The fraction of sp³-hybridized carbons (Fsp3) is 0.385. The van der Waals surface area contributed by atoms with Gasteiger partial charge in [0.25, 0.3) is 0 Å². The minimum absolute atomic E-state index is 0.00683. The zero-order valence-electron chi connectivity index (χ0n) is 10.5. The van der Waals surface area contributed by atoms with Crippen LogP contribution in [-0.4, -0.2) is 23.0 Å². The molecular formula is C13H15Cl2NO3. The molecule has 0 aliphatic heterocycles. The molecule has 0 spiro atoms. The van der Waals surface area contributed by atoms with Crippen LogP contribution in [0.5, 0.6) is 0 Å². The predicted molar refractivity (Wildman–Crippen MR) is 74.6 cm³/mol. The van der Waals surface area contributed by atoms with Gasteiger partial charge in [-0.1, -0.05) is 48.7 Å². The smallest absolute Gasteiger partial charge is 0.326 e. The number of benzene rings is 1. The fourth-order valence-electron chi connectivity index (χ4n) is 1.65. The van der Waals surface area contributed by atoms with Crippen LogP contribution in [0.15, 0.2) is 18.2 Å². The maximum absolute atomic E-state index is 11.8. The molecule has 2 N–H and O–H groups in total. The Kier molecular flexibility index (Phi) is 6.12. The number of nitrogens with one attached hydrogen (secondary N) is 1. The van der Waals surface area contributed by atoms with E-state index in [-0.39, 0.29) is 12.3 Å². The molecule has 104 valence electrons. The number of carboxylic acid groups (broad SMARTS) is 1. The molecule has 4 nitrogen and oxygen atoms in total. The number of carbonyl (C=O) groups excluding carboxylic acids is 1. The highest BCUT2D eigenvalue weighted by molar-refractivity contribution is 6.42. The molecule has 0 saturated heterocycles. The maximum atomic E-state index is 11.8. The van der Waals surface area contributed by atoms with E-state index in [1.165, 1.54) is 0 Å². The van der Waals surface area contributed by atoms with Gasteiger partial charge in [-0.2, -0.15) is 0 Å². The average Bonchev–Trinajstić information content (AvgIpc) is 2.34. The molecule has 1 atom stereocenters. The molecule has 0 heterocycles. The first-order chi connectivity index (χ1) is 8.95. The van der Waals surface area contributed by atoms with Crippen LogP contribution in [0.3, 0.4) is 0 Å². The highest BCUT2D eigenvalue weighted by Gasteiger charge is 2.19. The van der Waals surface area contributed by atoms with Gasteiger partial charge in [-0.3, -0.25) is 4.79 Å². The molecule has 0 aliphatic carbocycles. The Bertz CT molecular complexity index is 477. The third-order valence-corrected chi connectivity index (χ3v) is 3.45. The molecule has 1 unspecified atom stereocenters. The summed E-state index contributed by atoms with van der Waals surface area (Å²) in [6, 6.07) is 4.14. The normalized spacial score (nSPS) is 11.9. The van der Waals surface area contributed by atoms with E-state index in [4.69, 9.17) is 28.3 Å². The van der Waals surface area contributed by atoms with Crippen LogP contribution in [-0.2, 0) is 16.0 Å². The number of aliphatic carboxylic acids is 1. The van der Waals surface area contributed by atoms with Crippen molar-refractivity contribution in [3.05, 3.63) is 33.8 Å². The van der Waals surface area contributed by atoms with Crippen LogP contribution in [0, 0.1) is 0 Å². The van der Waals surface area contributed by atoms with Crippen molar-refractivity contribution in [2.75, 3.05) is 0 Å². The standard InChI is InChI=1S/C13H15Cl2NO3/c1-2-4-10(13(18)19)16-11(17)7-8-5-3-6-9(14)12(8)15/h3,5-6,10H,2,4,7H2,1H3,(H,16,17)(H,18,19). The van der Waals surface area contributed by atoms with Gasteiger partial charge in [0, 0.05) is 0 Å². The van der Waals surface area contributed by atoms with E-state index in [0.717, 1.165) is 0 Å². The fourth-order valence-corrected chi connectivity index (χ4v) is 2.04. The Hall–Kier alpha value is -1.26.